The van der Waals surface area contributed by atoms with E-state index in [0.29, 0.717) is 45.6 Å². The monoisotopic (exact) mass is 406 g/mol. The van der Waals surface area contributed by atoms with Crippen LogP contribution < -0.4 is 10.2 Å². The minimum Gasteiger partial charge on any atom is -0.447 e. The van der Waals surface area contributed by atoms with Crippen molar-refractivity contribution in [2.24, 2.45) is 5.41 Å². The second kappa shape index (κ2) is 6.53. The molecule has 1 atom stereocenters. The van der Waals surface area contributed by atoms with Crippen LogP contribution in [0.3, 0.4) is 0 Å². The minimum absolute atomic E-state index is 0.000657. The summed E-state index contributed by atoms with van der Waals surface area (Å²) in [4.78, 5) is 31.7. The smallest absolute Gasteiger partial charge is 0.407 e. The summed E-state index contributed by atoms with van der Waals surface area (Å²) in [6.45, 7) is 3.00. The number of carbonyl (C=O) groups is 2. The Hall–Kier alpha value is -2.45. The summed E-state index contributed by atoms with van der Waals surface area (Å²) in [6, 6.07) is 3.90. The highest BCUT2D eigenvalue weighted by Crippen LogP contribution is 2.57. The van der Waals surface area contributed by atoms with Gasteiger partial charge >= 0.3 is 6.09 Å². The number of anilines is 1. The summed E-state index contributed by atoms with van der Waals surface area (Å²) in [7, 11) is 0. The molecular formula is C20H24F2N4O3. The maximum absolute atomic E-state index is 13.1. The second-order valence-electron chi connectivity index (χ2n) is 8.99. The fourth-order valence-electron chi connectivity index (χ4n) is 4.95. The lowest BCUT2D eigenvalue weighted by Gasteiger charge is -2.59. The summed E-state index contributed by atoms with van der Waals surface area (Å²) in [5.74, 6) is -1.27. The molecule has 1 aliphatic carbocycles. The molecular weight excluding hydrogens is 382 g/mol. The van der Waals surface area contributed by atoms with E-state index in [9.17, 15) is 18.4 Å². The first kappa shape index (κ1) is 18.6. The molecule has 7 nitrogen and oxygen atoms in total. The number of carbonyl (C=O) groups excluding carboxylic acids is 2. The molecule has 9 heteroatoms. The summed E-state index contributed by atoms with van der Waals surface area (Å²) >= 11 is 0. The van der Waals surface area contributed by atoms with Gasteiger partial charge in [0.05, 0.1) is 6.04 Å². The number of hydrogen-bond acceptors (Lipinski definition) is 5. The number of likely N-dealkylation sites (tertiary alicyclic amines) is 1. The van der Waals surface area contributed by atoms with Gasteiger partial charge in [-0.05, 0) is 18.1 Å². The fraction of sp³-hybridized carbons (Fsp3) is 0.650. The first-order valence-electron chi connectivity index (χ1n) is 10.1. The van der Waals surface area contributed by atoms with Crippen LogP contribution in [0.25, 0.3) is 0 Å². The number of amides is 2. The van der Waals surface area contributed by atoms with Crippen LogP contribution in [-0.4, -0.2) is 66.6 Å². The molecule has 0 aromatic carbocycles. The van der Waals surface area contributed by atoms with Gasteiger partial charge in [0, 0.05) is 63.0 Å². The summed E-state index contributed by atoms with van der Waals surface area (Å²) < 4.78 is 31.1. The Morgan fingerprint density at radius 2 is 2.03 bits per heavy atom. The highest BCUT2D eigenvalue weighted by molar-refractivity contribution is 5.77. The molecule has 4 aliphatic rings. The lowest BCUT2D eigenvalue weighted by Crippen LogP contribution is -2.66. The number of rotatable bonds is 5. The minimum atomic E-state index is -2.48. The molecule has 4 heterocycles. The van der Waals surface area contributed by atoms with E-state index in [0.717, 1.165) is 11.4 Å². The third-order valence-corrected chi connectivity index (χ3v) is 6.56. The normalized spacial score (nSPS) is 27.0. The van der Waals surface area contributed by atoms with Crippen LogP contribution in [0.15, 0.2) is 18.3 Å². The molecule has 5 rings (SSSR count). The van der Waals surface area contributed by atoms with Crippen LogP contribution in [0.1, 0.15) is 37.2 Å². The van der Waals surface area contributed by atoms with E-state index < -0.39 is 12.0 Å². The topological polar surface area (TPSA) is 74.8 Å². The highest BCUT2D eigenvalue weighted by atomic mass is 19.3. The quantitative estimate of drug-likeness (QED) is 0.811. The Morgan fingerprint density at radius 1 is 1.28 bits per heavy atom. The van der Waals surface area contributed by atoms with Gasteiger partial charge in [-0.15, -0.1) is 0 Å². The number of alkyl halides is 2. The van der Waals surface area contributed by atoms with Gasteiger partial charge in [-0.25, -0.2) is 18.6 Å². The van der Waals surface area contributed by atoms with Crippen LogP contribution >= 0.6 is 0 Å². The van der Waals surface area contributed by atoms with Crippen LogP contribution in [0, 0.1) is 5.41 Å². The standard InChI is InChI=1S/C20H24F2N4O3/c21-20(22)9-19(10-20)11-26(12-19)16-3-1-13(5-23-16)14-6-25(7-14)17(27)4-2-15-8-29-18(28)24-15/h1,3,5,14-15H,2,4,6-12H2,(H,24,28). The van der Waals surface area contributed by atoms with Crippen molar-refractivity contribution in [3.63, 3.8) is 0 Å². The maximum atomic E-state index is 13.1. The molecule has 156 valence electrons. The lowest BCUT2D eigenvalue weighted by atomic mass is 9.61. The summed E-state index contributed by atoms with van der Waals surface area (Å²) in [6.07, 6.45) is 2.41. The van der Waals surface area contributed by atoms with Crippen molar-refractivity contribution in [2.75, 3.05) is 37.7 Å². The van der Waals surface area contributed by atoms with Crippen LogP contribution in [-0.2, 0) is 9.53 Å². The largest absolute Gasteiger partial charge is 0.447 e. The number of pyridine rings is 1. The van der Waals surface area contributed by atoms with Crippen LogP contribution in [0.4, 0.5) is 19.4 Å². The third-order valence-electron chi connectivity index (χ3n) is 6.56. The van der Waals surface area contributed by atoms with Crippen molar-refractivity contribution < 1.29 is 23.1 Å². The molecule has 0 radical (unpaired) electrons. The molecule has 29 heavy (non-hydrogen) atoms. The molecule has 3 saturated heterocycles. The molecule has 2 amide bonds. The third kappa shape index (κ3) is 3.51. The molecule has 1 aromatic rings. The average Bonchev–Trinajstić information content (AvgIpc) is 3.00. The van der Waals surface area contributed by atoms with Crippen molar-refractivity contribution in [1.29, 1.82) is 0 Å². The Bertz CT molecular complexity index is 810. The van der Waals surface area contributed by atoms with E-state index >= 15 is 0 Å². The van der Waals surface area contributed by atoms with E-state index in [2.05, 4.69) is 15.2 Å². The Kier molecular flexibility index (Phi) is 4.18. The van der Waals surface area contributed by atoms with Gasteiger partial charge < -0.3 is 19.9 Å². The van der Waals surface area contributed by atoms with Crippen molar-refractivity contribution >= 4 is 17.8 Å². The maximum Gasteiger partial charge on any atom is 0.407 e. The number of aromatic nitrogens is 1. The number of ether oxygens (including phenoxy) is 1. The number of nitrogens with one attached hydrogen (secondary N) is 1. The van der Waals surface area contributed by atoms with E-state index in [1.54, 1.807) is 0 Å². The molecule has 1 spiro atoms. The first-order valence-corrected chi connectivity index (χ1v) is 10.1. The second-order valence-corrected chi connectivity index (χ2v) is 8.99. The lowest BCUT2D eigenvalue weighted by molar-refractivity contribution is -0.170. The molecule has 1 unspecified atom stereocenters. The molecule has 0 bridgehead atoms. The van der Waals surface area contributed by atoms with Crippen LogP contribution in [0.2, 0.25) is 0 Å². The zero-order valence-corrected chi connectivity index (χ0v) is 16.1. The predicted molar refractivity (Wildman–Crippen MR) is 99.9 cm³/mol. The molecule has 3 aliphatic heterocycles. The van der Waals surface area contributed by atoms with Crippen molar-refractivity contribution in [1.82, 2.24) is 15.2 Å². The van der Waals surface area contributed by atoms with Gasteiger partial charge in [0.15, 0.2) is 0 Å². The predicted octanol–water partition coefficient (Wildman–Crippen LogP) is 2.13. The molecule has 1 aromatic heterocycles. The molecule has 4 fully saturated rings. The van der Waals surface area contributed by atoms with Crippen molar-refractivity contribution in [2.45, 2.75) is 43.6 Å². The van der Waals surface area contributed by atoms with Crippen LogP contribution in [0.5, 0.6) is 0 Å². The van der Waals surface area contributed by atoms with E-state index in [1.165, 1.54) is 0 Å². The van der Waals surface area contributed by atoms with Gasteiger partial charge in [-0.1, -0.05) is 6.07 Å². The fourth-order valence-corrected chi connectivity index (χ4v) is 4.95. The van der Waals surface area contributed by atoms with Crippen molar-refractivity contribution in [3.8, 4) is 0 Å². The van der Waals surface area contributed by atoms with Gasteiger partial charge in [0.1, 0.15) is 12.4 Å². The first-order chi connectivity index (χ1) is 13.8. The number of nitrogens with zero attached hydrogens (tertiary/aromatic N) is 3. The van der Waals surface area contributed by atoms with E-state index in [-0.39, 0.29) is 36.1 Å². The zero-order chi connectivity index (χ0) is 20.2. The summed E-state index contributed by atoms with van der Waals surface area (Å²) in [5.41, 5.74) is 0.895. The van der Waals surface area contributed by atoms with E-state index in [1.807, 2.05) is 23.2 Å². The van der Waals surface area contributed by atoms with Gasteiger partial charge in [-0.2, -0.15) is 0 Å². The number of alkyl carbamates (subject to hydrolysis) is 1. The SMILES string of the molecule is O=C1NC(CCC(=O)N2CC(c3ccc(N4CC5(C4)CC(F)(F)C5)nc3)C2)CO1. The average molecular weight is 406 g/mol. The Balaban J connectivity index is 1.06. The number of halogens is 2. The van der Waals surface area contributed by atoms with Crippen molar-refractivity contribution in [3.05, 3.63) is 23.9 Å². The van der Waals surface area contributed by atoms with Gasteiger partial charge in [0.25, 0.3) is 0 Å². The number of hydrogen-bond donors (Lipinski definition) is 1. The zero-order valence-electron chi connectivity index (χ0n) is 16.1. The molecule has 1 saturated carbocycles. The van der Waals surface area contributed by atoms with Gasteiger partial charge in [-0.3, -0.25) is 4.79 Å². The molecule has 1 N–H and O–H groups in total. The Morgan fingerprint density at radius 3 is 2.62 bits per heavy atom. The Labute approximate surface area is 167 Å². The van der Waals surface area contributed by atoms with E-state index in [4.69, 9.17) is 4.74 Å². The summed E-state index contributed by atoms with van der Waals surface area (Å²) in [5, 5.41) is 2.68. The number of cyclic esters (lactones) is 1. The highest BCUT2D eigenvalue weighted by Gasteiger charge is 2.61. The van der Waals surface area contributed by atoms with Gasteiger partial charge in [0.2, 0.25) is 11.8 Å².